The van der Waals surface area contributed by atoms with E-state index in [1.54, 1.807) is 23.0 Å². The third-order valence-corrected chi connectivity index (χ3v) is 5.13. The molecule has 2 aliphatic rings. The lowest BCUT2D eigenvalue weighted by molar-refractivity contribution is -0.120. The van der Waals surface area contributed by atoms with E-state index in [-0.39, 0.29) is 24.2 Å². The number of hydrogen-bond donors (Lipinski definition) is 3. The van der Waals surface area contributed by atoms with Gasteiger partial charge in [-0.15, -0.1) is 17.5 Å². The zero-order valence-electron chi connectivity index (χ0n) is 16.3. The summed E-state index contributed by atoms with van der Waals surface area (Å²) in [5, 5.41) is 17.3. The average Bonchev–Trinajstić information content (AvgIpc) is 3.38. The van der Waals surface area contributed by atoms with E-state index < -0.39 is 0 Å². The van der Waals surface area contributed by atoms with E-state index in [9.17, 15) is 9.59 Å². The number of nitrogens with one attached hydrogen (secondary N) is 3. The molecule has 1 aliphatic heterocycles. The van der Waals surface area contributed by atoms with E-state index in [0.717, 1.165) is 38.0 Å². The maximum Gasteiger partial charge on any atom is 0.277 e. The first-order valence-corrected chi connectivity index (χ1v) is 9.96. The van der Waals surface area contributed by atoms with Crippen molar-refractivity contribution in [3.05, 3.63) is 41.7 Å². The van der Waals surface area contributed by atoms with Gasteiger partial charge in [0.25, 0.3) is 5.91 Å². The number of piperidine rings is 1. The highest BCUT2D eigenvalue weighted by atomic mass is 35.5. The monoisotopic (exact) mass is 418 g/mol. The van der Waals surface area contributed by atoms with Crippen molar-refractivity contribution in [1.82, 2.24) is 25.6 Å². The molecule has 2 amide bonds. The van der Waals surface area contributed by atoms with Crippen molar-refractivity contribution < 1.29 is 9.59 Å². The minimum Gasteiger partial charge on any atom is -0.353 e. The number of halogens is 1. The van der Waals surface area contributed by atoms with Gasteiger partial charge in [-0.05, 0) is 62.4 Å². The Kier molecular flexibility index (Phi) is 7.22. The van der Waals surface area contributed by atoms with Crippen LogP contribution in [0, 0.1) is 5.92 Å². The number of benzene rings is 1. The Hall–Kier alpha value is -2.45. The molecule has 1 aromatic carbocycles. The highest BCUT2D eigenvalue weighted by Gasteiger charge is 2.23. The molecule has 2 fully saturated rings. The highest BCUT2D eigenvalue weighted by Crippen LogP contribution is 2.19. The fourth-order valence-corrected chi connectivity index (χ4v) is 3.43. The summed E-state index contributed by atoms with van der Waals surface area (Å²) in [7, 11) is 0. The Morgan fingerprint density at radius 1 is 1.17 bits per heavy atom. The van der Waals surface area contributed by atoms with Crippen molar-refractivity contribution in [2.45, 2.75) is 44.7 Å². The molecule has 156 valence electrons. The molecule has 3 N–H and O–H groups in total. The Balaban J connectivity index is 0.00000240. The molecule has 0 radical (unpaired) electrons. The van der Waals surface area contributed by atoms with Crippen LogP contribution in [0.5, 0.6) is 0 Å². The van der Waals surface area contributed by atoms with Gasteiger partial charge in [0, 0.05) is 18.3 Å². The summed E-state index contributed by atoms with van der Waals surface area (Å²) in [6, 6.07) is 7.68. The molecule has 1 saturated carbocycles. The maximum absolute atomic E-state index is 12.4. The summed E-state index contributed by atoms with van der Waals surface area (Å²) in [6.07, 6.45) is 6.55. The fourth-order valence-electron chi connectivity index (χ4n) is 3.43. The zero-order chi connectivity index (χ0) is 19.3. The van der Waals surface area contributed by atoms with Crippen LogP contribution >= 0.6 is 12.4 Å². The minimum atomic E-state index is -0.285. The van der Waals surface area contributed by atoms with Gasteiger partial charge in [-0.2, -0.15) is 0 Å². The molecule has 1 saturated heterocycles. The van der Waals surface area contributed by atoms with Crippen LogP contribution < -0.4 is 16.0 Å². The van der Waals surface area contributed by atoms with Gasteiger partial charge < -0.3 is 16.0 Å². The second kappa shape index (κ2) is 9.84. The lowest BCUT2D eigenvalue weighted by Gasteiger charge is -2.22. The molecule has 1 unspecified atom stereocenters. The number of rotatable bonds is 7. The molecule has 1 atom stereocenters. The Morgan fingerprint density at radius 2 is 1.97 bits per heavy atom. The summed E-state index contributed by atoms with van der Waals surface area (Å²) in [5.41, 5.74) is 1.89. The van der Waals surface area contributed by atoms with E-state index in [4.69, 9.17) is 0 Å². The minimum absolute atomic E-state index is 0. The van der Waals surface area contributed by atoms with Crippen LogP contribution in [0.15, 0.2) is 30.5 Å². The Labute approximate surface area is 176 Å². The van der Waals surface area contributed by atoms with Crippen LogP contribution in [0.3, 0.4) is 0 Å². The number of carbonyl (C=O) groups excluding carboxylic acids is 2. The quantitative estimate of drug-likeness (QED) is 0.636. The van der Waals surface area contributed by atoms with Gasteiger partial charge in [0.1, 0.15) is 0 Å². The first kappa shape index (κ1) is 21.3. The highest BCUT2D eigenvalue weighted by molar-refractivity contribution is 6.02. The Bertz CT molecular complexity index is 828. The normalized spacial score (nSPS) is 18.6. The van der Waals surface area contributed by atoms with Gasteiger partial charge in [0.2, 0.25) is 5.91 Å². The van der Waals surface area contributed by atoms with Gasteiger partial charge in [-0.3, -0.25) is 14.3 Å². The van der Waals surface area contributed by atoms with E-state index in [1.165, 1.54) is 12.8 Å². The van der Waals surface area contributed by atoms with Gasteiger partial charge in [-0.1, -0.05) is 17.3 Å². The SMILES string of the molecule is Cl.O=C(Cc1ccc(NC(=O)c2cn(CC3CCCNC3)nn2)cc1)NC1CC1. The molecule has 0 spiro atoms. The molecule has 0 bridgehead atoms. The number of nitrogens with zero attached hydrogens (tertiary/aromatic N) is 3. The van der Waals surface area contributed by atoms with Crippen LogP contribution in [0.1, 0.15) is 41.7 Å². The summed E-state index contributed by atoms with van der Waals surface area (Å²) in [5.74, 6) is 0.285. The molecule has 1 aromatic heterocycles. The van der Waals surface area contributed by atoms with E-state index in [0.29, 0.717) is 29.8 Å². The van der Waals surface area contributed by atoms with Crippen molar-refractivity contribution in [2.75, 3.05) is 18.4 Å². The number of anilines is 1. The largest absolute Gasteiger partial charge is 0.353 e. The van der Waals surface area contributed by atoms with Crippen molar-refractivity contribution in [1.29, 1.82) is 0 Å². The molecule has 29 heavy (non-hydrogen) atoms. The number of hydrogen-bond acceptors (Lipinski definition) is 5. The number of aromatic nitrogens is 3. The first-order chi connectivity index (χ1) is 13.7. The van der Waals surface area contributed by atoms with Crippen LogP contribution in [-0.2, 0) is 17.8 Å². The molecular weight excluding hydrogens is 392 g/mol. The molecule has 4 rings (SSSR count). The third-order valence-electron chi connectivity index (χ3n) is 5.13. The van der Waals surface area contributed by atoms with Gasteiger partial charge >= 0.3 is 0 Å². The van der Waals surface area contributed by atoms with Crippen molar-refractivity contribution in [2.24, 2.45) is 5.92 Å². The van der Waals surface area contributed by atoms with Crippen LogP contribution in [-0.4, -0.2) is 45.9 Å². The van der Waals surface area contributed by atoms with E-state index >= 15 is 0 Å². The number of amides is 2. The average molecular weight is 419 g/mol. The van der Waals surface area contributed by atoms with Gasteiger partial charge in [0.05, 0.1) is 12.6 Å². The summed E-state index contributed by atoms with van der Waals surface area (Å²) < 4.78 is 1.74. The molecule has 2 heterocycles. The Morgan fingerprint density at radius 3 is 2.66 bits per heavy atom. The lowest BCUT2D eigenvalue weighted by Crippen LogP contribution is -2.32. The molecule has 1 aliphatic carbocycles. The van der Waals surface area contributed by atoms with Crippen molar-refractivity contribution in [3.8, 4) is 0 Å². The summed E-state index contributed by atoms with van der Waals surface area (Å²) in [6.45, 7) is 2.82. The van der Waals surface area contributed by atoms with Crippen LogP contribution in [0.2, 0.25) is 0 Å². The van der Waals surface area contributed by atoms with Crippen LogP contribution in [0.25, 0.3) is 0 Å². The zero-order valence-corrected chi connectivity index (χ0v) is 17.1. The smallest absolute Gasteiger partial charge is 0.277 e. The second-order valence-corrected chi connectivity index (χ2v) is 7.71. The fraction of sp³-hybridized carbons (Fsp3) is 0.500. The maximum atomic E-state index is 12.4. The standard InChI is InChI=1S/C20H26N6O2.ClH/c27-19(22-16-7-8-16)10-14-3-5-17(6-4-14)23-20(28)18-13-26(25-24-18)12-15-2-1-9-21-11-15;/h3-6,13,15-16,21H,1-2,7-12H2,(H,22,27)(H,23,28);1H. The lowest BCUT2D eigenvalue weighted by atomic mass is 10.00. The summed E-state index contributed by atoms with van der Waals surface area (Å²) in [4.78, 5) is 24.3. The van der Waals surface area contributed by atoms with E-state index in [1.807, 2.05) is 12.1 Å². The van der Waals surface area contributed by atoms with Gasteiger partial charge in [-0.25, -0.2) is 0 Å². The third kappa shape index (κ3) is 6.27. The van der Waals surface area contributed by atoms with E-state index in [2.05, 4.69) is 26.3 Å². The molecule has 8 nitrogen and oxygen atoms in total. The number of carbonyl (C=O) groups is 2. The first-order valence-electron chi connectivity index (χ1n) is 9.96. The van der Waals surface area contributed by atoms with Crippen molar-refractivity contribution >= 4 is 29.9 Å². The molecule has 2 aromatic rings. The van der Waals surface area contributed by atoms with Crippen LogP contribution in [0.4, 0.5) is 5.69 Å². The predicted molar refractivity (Wildman–Crippen MR) is 112 cm³/mol. The summed E-state index contributed by atoms with van der Waals surface area (Å²) >= 11 is 0. The molecule has 9 heteroatoms. The molecular formula is C20H27ClN6O2. The predicted octanol–water partition coefficient (Wildman–Crippen LogP) is 1.77. The van der Waals surface area contributed by atoms with Gasteiger partial charge in [0.15, 0.2) is 5.69 Å². The topological polar surface area (TPSA) is 101 Å². The second-order valence-electron chi connectivity index (χ2n) is 7.71. The van der Waals surface area contributed by atoms with Crippen molar-refractivity contribution in [3.63, 3.8) is 0 Å².